The molecule has 0 atom stereocenters. The summed E-state index contributed by atoms with van der Waals surface area (Å²) in [6, 6.07) is 9.86. The zero-order chi connectivity index (χ0) is 27.4. The number of amides is 1. The molecule has 0 unspecified atom stereocenters. The lowest BCUT2D eigenvalue weighted by molar-refractivity contribution is 0.0376. The molecule has 0 radical (unpaired) electrons. The van der Waals surface area contributed by atoms with Gasteiger partial charge >= 0.3 is 0 Å². The lowest BCUT2D eigenvalue weighted by Crippen LogP contribution is -2.39. The Balaban J connectivity index is 0.00000370. The van der Waals surface area contributed by atoms with Crippen LogP contribution in [-0.2, 0) is 14.8 Å². The van der Waals surface area contributed by atoms with Gasteiger partial charge < -0.3 is 14.2 Å². The molecule has 0 bridgehead atoms. The fourth-order valence-electron chi connectivity index (χ4n) is 4.95. The first kappa shape index (κ1) is 30.5. The minimum atomic E-state index is -3.56. The van der Waals surface area contributed by atoms with E-state index in [4.69, 9.17) is 19.2 Å². The Bertz CT molecular complexity index is 1360. The molecule has 1 amide bonds. The number of ether oxygens (including phenoxy) is 3. The molecule has 3 aromatic rings. The van der Waals surface area contributed by atoms with Crippen LogP contribution in [0.25, 0.3) is 10.2 Å². The standard InChI is InChI=1S/C27H34N4O6S2.ClH/c1-35-22-10-11-23(36-2)25-24(22)28-27(38-25)31(15-5-12-29-16-18-37-19-17-29)26(32)20-6-8-21(9-7-20)39(33,34)30-13-3-4-14-30;/h6-11H,3-5,12-19H2,1-2H3;1H. The molecule has 0 N–H and O–H groups in total. The van der Waals surface area contributed by atoms with E-state index in [0.717, 1.165) is 43.6 Å². The normalized spacial score (nSPS) is 16.6. The smallest absolute Gasteiger partial charge is 0.260 e. The van der Waals surface area contributed by atoms with Crippen LogP contribution < -0.4 is 14.4 Å². The van der Waals surface area contributed by atoms with Gasteiger partial charge in [-0.1, -0.05) is 11.3 Å². The van der Waals surface area contributed by atoms with Crippen LogP contribution in [0.15, 0.2) is 41.3 Å². The first-order valence-electron chi connectivity index (χ1n) is 13.2. The first-order chi connectivity index (χ1) is 18.9. The summed E-state index contributed by atoms with van der Waals surface area (Å²) in [5, 5.41) is 0.536. The number of halogens is 1. The molecule has 40 heavy (non-hydrogen) atoms. The van der Waals surface area contributed by atoms with Crippen LogP contribution >= 0.6 is 23.7 Å². The number of carbonyl (C=O) groups excluding carboxylic acids is 1. The fourth-order valence-corrected chi connectivity index (χ4v) is 7.57. The Hall–Kier alpha value is -2.48. The van der Waals surface area contributed by atoms with Crippen LogP contribution in [0.3, 0.4) is 0 Å². The quantitative estimate of drug-likeness (QED) is 0.341. The highest BCUT2D eigenvalue weighted by molar-refractivity contribution is 7.89. The van der Waals surface area contributed by atoms with Gasteiger partial charge in [0.1, 0.15) is 21.7 Å². The topological polar surface area (TPSA) is 102 Å². The Kier molecular flexibility index (Phi) is 10.3. The van der Waals surface area contributed by atoms with Crippen LogP contribution in [0.1, 0.15) is 29.6 Å². The summed E-state index contributed by atoms with van der Waals surface area (Å²) >= 11 is 1.37. The number of morpholine rings is 1. The molecule has 3 heterocycles. The van der Waals surface area contributed by atoms with Crippen molar-refractivity contribution in [1.82, 2.24) is 14.2 Å². The number of benzene rings is 2. The average molecular weight is 611 g/mol. The number of carbonyl (C=O) groups is 1. The zero-order valence-corrected chi connectivity index (χ0v) is 25.2. The first-order valence-corrected chi connectivity index (χ1v) is 15.4. The Morgan fingerprint density at radius 2 is 1.65 bits per heavy atom. The predicted octanol–water partition coefficient (Wildman–Crippen LogP) is 3.89. The summed E-state index contributed by atoms with van der Waals surface area (Å²) < 4.78 is 44.8. The molecule has 2 fully saturated rings. The van der Waals surface area contributed by atoms with E-state index in [1.54, 1.807) is 37.3 Å². The lowest BCUT2D eigenvalue weighted by Gasteiger charge is -2.27. The number of anilines is 1. The number of methoxy groups -OCH3 is 2. The largest absolute Gasteiger partial charge is 0.495 e. The van der Waals surface area contributed by atoms with Crippen molar-refractivity contribution in [3.8, 4) is 11.5 Å². The number of rotatable bonds is 10. The van der Waals surface area contributed by atoms with Crippen LogP contribution in [0.2, 0.25) is 0 Å². The third-order valence-electron chi connectivity index (χ3n) is 7.14. The van der Waals surface area contributed by atoms with E-state index in [0.29, 0.717) is 60.6 Å². The van der Waals surface area contributed by atoms with Crippen molar-refractivity contribution in [3.63, 3.8) is 0 Å². The van der Waals surface area contributed by atoms with Crippen molar-refractivity contribution < 1.29 is 27.4 Å². The number of hydrogen-bond donors (Lipinski definition) is 0. The second-order valence-electron chi connectivity index (χ2n) is 9.54. The third-order valence-corrected chi connectivity index (χ3v) is 10.1. The average Bonchev–Trinajstić information content (AvgIpc) is 3.67. The molecule has 10 nitrogen and oxygen atoms in total. The van der Waals surface area contributed by atoms with Gasteiger partial charge in [-0.3, -0.25) is 14.6 Å². The molecular weight excluding hydrogens is 576 g/mol. The molecule has 218 valence electrons. The highest BCUT2D eigenvalue weighted by atomic mass is 35.5. The van der Waals surface area contributed by atoms with Gasteiger partial charge in [0.15, 0.2) is 5.13 Å². The number of nitrogens with zero attached hydrogens (tertiary/aromatic N) is 4. The van der Waals surface area contributed by atoms with Gasteiger partial charge in [0.05, 0.1) is 32.3 Å². The minimum absolute atomic E-state index is 0. The van der Waals surface area contributed by atoms with E-state index in [9.17, 15) is 13.2 Å². The van der Waals surface area contributed by atoms with Gasteiger partial charge in [0, 0.05) is 44.8 Å². The van der Waals surface area contributed by atoms with E-state index in [1.165, 1.54) is 27.8 Å². The van der Waals surface area contributed by atoms with Gasteiger partial charge in [-0.05, 0) is 55.7 Å². The summed E-state index contributed by atoms with van der Waals surface area (Å²) in [5.41, 5.74) is 1.04. The molecule has 2 aromatic carbocycles. The maximum absolute atomic E-state index is 13.9. The monoisotopic (exact) mass is 610 g/mol. The molecule has 2 saturated heterocycles. The summed E-state index contributed by atoms with van der Waals surface area (Å²) in [6.07, 6.45) is 2.48. The number of sulfonamides is 1. The zero-order valence-electron chi connectivity index (χ0n) is 22.7. The van der Waals surface area contributed by atoms with Crippen molar-refractivity contribution in [2.24, 2.45) is 0 Å². The van der Waals surface area contributed by atoms with Crippen LogP contribution in [0.5, 0.6) is 11.5 Å². The van der Waals surface area contributed by atoms with E-state index in [-0.39, 0.29) is 23.2 Å². The van der Waals surface area contributed by atoms with E-state index in [1.807, 2.05) is 6.07 Å². The van der Waals surface area contributed by atoms with Crippen LogP contribution in [0, 0.1) is 0 Å². The number of hydrogen-bond acceptors (Lipinski definition) is 9. The Morgan fingerprint density at radius 3 is 2.30 bits per heavy atom. The molecule has 2 aliphatic rings. The maximum Gasteiger partial charge on any atom is 0.260 e. The molecular formula is C27H35ClN4O6S2. The van der Waals surface area contributed by atoms with Crippen LogP contribution in [-0.4, -0.2) is 95.2 Å². The van der Waals surface area contributed by atoms with Gasteiger partial charge in [-0.2, -0.15) is 4.31 Å². The molecule has 13 heteroatoms. The summed E-state index contributed by atoms with van der Waals surface area (Å²) in [7, 11) is -0.371. The van der Waals surface area contributed by atoms with Gasteiger partial charge in [0.25, 0.3) is 5.91 Å². The highest BCUT2D eigenvalue weighted by Gasteiger charge is 2.28. The molecule has 2 aliphatic heterocycles. The predicted molar refractivity (Wildman–Crippen MR) is 158 cm³/mol. The second kappa shape index (κ2) is 13.5. The molecule has 5 rings (SSSR count). The van der Waals surface area contributed by atoms with Crippen molar-refractivity contribution in [2.45, 2.75) is 24.2 Å². The summed E-state index contributed by atoms with van der Waals surface area (Å²) in [5.74, 6) is 1.02. The van der Waals surface area contributed by atoms with Gasteiger partial charge in [-0.25, -0.2) is 13.4 Å². The van der Waals surface area contributed by atoms with Gasteiger partial charge in [0.2, 0.25) is 10.0 Å². The summed E-state index contributed by atoms with van der Waals surface area (Å²) in [6.45, 7) is 5.52. The van der Waals surface area contributed by atoms with Gasteiger partial charge in [-0.15, -0.1) is 12.4 Å². The maximum atomic E-state index is 13.9. The molecule has 1 aromatic heterocycles. The minimum Gasteiger partial charge on any atom is -0.495 e. The molecule has 0 spiro atoms. The Morgan fingerprint density at radius 1 is 1.00 bits per heavy atom. The van der Waals surface area contributed by atoms with Crippen LogP contribution in [0.4, 0.5) is 5.13 Å². The molecule has 0 saturated carbocycles. The Labute approximate surface area is 245 Å². The highest BCUT2D eigenvalue weighted by Crippen LogP contribution is 2.40. The van der Waals surface area contributed by atoms with Crippen molar-refractivity contribution in [1.29, 1.82) is 0 Å². The van der Waals surface area contributed by atoms with E-state index >= 15 is 0 Å². The van der Waals surface area contributed by atoms with Crippen molar-refractivity contribution in [3.05, 3.63) is 42.0 Å². The van der Waals surface area contributed by atoms with E-state index in [2.05, 4.69) is 4.90 Å². The third kappa shape index (κ3) is 6.37. The molecule has 0 aliphatic carbocycles. The van der Waals surface area contributed by atoms with Crippen molar-refractivity contribution >= 4 is 55.0 Å². The number of aromatic nitrogens is 1. The lowest BCUT2D eigenvalue weighted by atomic mass is 10.2. The van der Waals surface area contributed by atoms with Crippen molar-refractivity contribution in [2.75, 3.05) is 71.6 Å². The number of thiazole rings is 1. The fraction of sp³-hybridized carbons (Fsp3) is 0.481. The second-order valence-corrected chi connectivity index (χ2v) is 12.5. The summed E-state index contributed by atoms with van der Waals surface area (Å²) in [4.78, 5) is 22.9. The number of fused-ring (bicyclic) bond motifs is 1. The SMILES string of the molecule is COc1ccc(OC)c2sc(N(CCCN3CCOCC3)C(=O)c3ccc(S(=O)(=O)N4CCCC4)cc3)nc12.Cl. The van der Waals surface area contributed by atoms with E-state index < -0.39 is 10.0 Å².